The molecule has 0 bridgehead atoms. The van der Waals surface area contributed by atoms with Crippen LogP contribution in [0.3, 0.4) is 0 Å². The van der Waals surface area contributed by atoms with E-state index >= 15 is 0 Å². The normalized spacial score (nSPS) is 11.8. The van der Waals surface area contributed by atoms with E-state index in [4.69, 9.17) is 24.4 Å². The van der Waals surface area contributed by atoms with Gasteiger partial charge in [-0.3, -0.25) is 0 Å². The minimum atomic E-state index is 0.561. The molecule has 5 nitrogen and oxygen atoms in total. The number of rotatable bonds is 4. The second kappa shape index (κ2) is 11.4. The summed E-state index contributed by atoms with van der Waals surface area (Å²) in [7, 11) is 0. The summed E-state index contributed by atoms with van der Waals surface area (Å²) in [6.07, 6.45) is 0. The maximum Gasteiger partial charge on any atom is 0.167 e. The third-order valence-electron chi connectivity index (χ3n) is 9.93. The van der Waals surface area contributed by atoms with Crippen LogP contribution in [0.1, 0.15) is 0 Å². The Kier molecular flexibility index (Phi) is 6.35. The minimum absolute atomic E-state index is 0.561. The van der Waals surface area contributed by atoms with E-state index in [-0.39, 0.29) is 0 Å². The van der Waals surface area contributed by atoms with E-state index in [1.54, 1.807) is 11.3 Å². The fraction of sp³-hybridized carbons (Fsp3) is 0. The van der Waals surface area contributed by atoms with Crippen LogP contribution in [0.25, 0.3) is 109 Å². The molecule has 0 saturated carbocycles. The van der Waals surface area contributed by atoms with Gasteiger partial charge in [-0.25, -0.2) is 19.9 Å². The van der Waals surface area contributed by atoms with Crippen molar-refractivity contribution in [3.05, 3.63) is 158 Å². The lowest BCUT2D eigenvalue weighted by molar-refractivity contribution is 0.673. The van der Waals surface area contributed by atoms with Gasteiger partial charge in [0.15, 0.2) is 17.5 Å². The monoisotopic (exact) mass is 682 g/mol. The Hall–Kier alpha value is -6.76. The summed E-state index contributed by atoms with van der Waals surface area (Å²) in [6.45, 7) is 0. The molecule has 0 atom stereocenters. The van der Waals surface area contributed by atoms with Crippen molar-refractivity contribution in [1.82, 2.24) is 19.9 Å². The number of fused-ring (bicyclic) bond motifs is 10. The van der Waals surface area contributed by atoms with E-state index in [0.29, 0.717) is 17.5 Å². The highest BCUT2D eigenvalue weighted by Crippen LogP contribution is 2.44. The standard InChI is InChI=1S/C46H26N4OS/c1-3-13-27(14-4-1)41-33-26-25-30-29-19-11-21-35(42(29)51-43(30)40(33)31-17-7-9-22-36(31)47-41)46-49-44(28-15-5-2-6-16-28)48-45(50-46)34-20-12-24-38-39(34)32-18-8-10-23-37(32)52-38/h1-26H. The Balaban J connectivity index is 1.20. The SMILES string of the molecule is c1ccc(-c2nc(-c3cccc4c3oc3c4ccc4c(-c5ccccc5)nc5ccccc5c43)nc(-c3cccc4sc5ccccc5c34)n2)cc1. The first-order valence-electron chi connectivity index (χ1n) is 17.2. The van der Waals surface area contributed by atoms with Crippen molar-refractivity contribution in [2.24, 2.45) is 0 Å². The van der Waals surface area contributed by atoms with Crippen LogP contribution in [-0.2, 0) is 0 Å². The Bertz CT molecular complexity index is 3190. The molecule has 11 rings (SSSR count). The number of benzene rings is 7. The van der Waals surface area contributed by atoms with E-state index in [0.717, 1.165) is 76.9 Å². The molecule has 0 spiro atoms. The molecule has 7 aromatic carbocycles. The highest BCUT2D eigenvalue weighted by atomic mass is 32.1. The molecule has 0 aliphatic heterocycles. The fourth-order valence-electron chi connectivity index (χ4n) is 7.58. The smallest absolute Gasteiger partial charge is 0.167 e. The topological polar surface area (TPSA) is 64.7 Å². The maximum absolute atomic E-state index is 7.03. The summed E-state index contributed by atoms with van der Waals surface area (Å²) in [5.41, 5.74) is 7.19. The van der Waals surface area contributed by atoms with Gasteiger partial charge in [-0.15, -0.1) is 11.3 Å². The molecule has 4 aromatic heterocycles. The minimum Gasteiger partial charge on any atom is -0.455 e. The molecule has 4 heterocycles. The van der Waals surface area contributed by atoms with Crippen molar-refractivity contribution < 1.29 is 4.42 Å². The van der Waals surface area contributed by atoms with Crippen LogP contribution < -0.4 is 0 Å². The third kappa shape index (κ3) is 4.41. The molecule has 11 aromatic rings. The first-order valence-corrected chi connectivity index (χ1v) is 18.0. The molecule has 0 aliphatic rings. The van der Waals surface area contributed by atoms with Gasteiger partial charge >= 0.3 is 0 Å². The number of hydrogen-bond donors (Lipinski definition) is 0. The van der Waals surface area contributed by atoms with Crippen LogP contribution in [0.15, 0.2) is 162 Å². The van der Waals surface area contributed by atoms with Crippen molar-refractivity contribution in [3.63, 3.8) is 0 Å². The van der Waals surface area contributed by atoms with Crippen LogP contribution in [0, 0.1) is 0 Å². The number of pyridine rings is 1. The molecule has 0 saturated heterocycles. The van der Waals surface area contributed by atoms with Gasteiger partial charge in [0.05, 0.1) is 16.8 Å². The maximum atomic E-state index is 7.03. The van der Waals surface area contributed by atoms with E-state index < -0.39 is 0 Å². The lowest BCUT2D eigenvalue weighted by Crippen LogP contribution is -2.00. The molecule has 0 radical (unpaired) electrons. The van der Waals surface area contributed by atoms with Gasteiger partial charge in [0, 0.05) is 63.8 Å². The highest BCUT2D eigenvalue weighted by molar-refractivity contribution is 7.25. The Morgan fingerprint density at radius 3 is 1.81 bits per heavy atom. The number of nitrogens with zero attached hydrogens (tertiary/aromatic N) is 4. The van der Waals surface area contributed by atoms with Crippen molar-refractivity contribution >= 4 is 75.1 Å². The largest absolute Gasteiger partial charge is 0.455 e. The van der Waals surface area contributed by atoms with Crippen molar-refractivity contribution in [1.29, 1.82) is 0 Å². The molecule has 242 valence electrons. The predicted octanol–water partition coefficient (Wildman–Crippen LogP) is 12.5. The van der Waals surface area contributed by atoms with Crippen molar-refractivity contribution in [3.8, 4) is 45.4 Å². The average Bonchev–Trinajstić information content (AvgIpc) is 3.80. The molecule has 0 N–H and O–H groups in total. The first kappa shape index (κ1) is 29.0. The Labute approximate surface area is 301 Å². The predicted molar refractivity (Wildman–Crippen MR) is 215 cm³/mol. The molecular weight excluding hydrogens is 657 g/mol. The van der Waals surface area contributed by atoms with Gasteiger partial charge in [-0.05, 0) is 30.3 Å². The molecule has 0 aliphatic carbocycles. The zero-order valence-corrected chi connectivity index (χ0v) is 28.4. The molecule has 6 heteroatoms. The van der Waals surface area contributed by atoms with Crippen molar-refractivity contribution in [2.75, 3.05) is 0 Å². The summed E-state index contributed by atoms with van der Waals surface area (Å²) >= 11 is 1.79. The van der Waals surface area contributed by atoms with Gasteiger partial charge < -0.3 is 4.42 Å². The van der Waals surface area contributed by atoms with Crippen LogP contribution >= 0.6 is 11.3 Å². The lowest BCUT2D eigenvalue weighted by Gasteiger charge is -2.10. The molecule has 0 amide bonds. The number of aromatic nitrogens is 4. The Morgan fingerprint density at radius 2 is 0.962 bits per heavy atom. The summed E-state index contributed by atoms with van der Waals surface area (Å²) in [4.78, 5) is 20.6. The third-order valence-corrected chi connectivity index (χ3v) is 11.1. The van der Waals surface area contributed by atoms with Gasteiger partial charge in [0.2, 0.25) is 0 Å². The zero-order valence-electron chi connectivity index (χ0n) is 27.6. The second-order valence-electron chi connectivity index (χ2n) is 12.9. The quantitative estimate of drug-likeness (QED) is 0.173. The summed E-state index contributed by atoms with van der Waals surface area (Å²) < 4.78 is 9.47. The second-order valence-corrected chi connectivity index (χ2v) is 14.0. The summed E-state index contributed by atoms with van der Waals surface area (Å²) in [5.74, 6) is 1.80. The molecule has 0 fully saturated rings. The molecule has 52 heavy (non-hydrogen) atoms. The van der Waals surface area contributed by atoms with E-state index in [9.17, 15) is 0 Å². The number of thiophene rings is 1. The van der Waals surface area contributed by atoms with Crippen LogP contribution in [0.2, 0.25) is 0 Å². The summed E-state index contributed by atoms with van der Waals surface area (Å²) in [6, 6.07) is 54.3. The fourth-order valence-corrected chi connectivity index (χ4v) is 8.71. The number of hydrogen-bond acceptors (Lipinski definition) is 6. The Morgan fingerprint density at radius 1 is 0.365 bits per heavy atom. The van der Waals surface area contributed by atoms with Gasteiger partial charge in [0.25, 0.3) is 0 Å². The molecular formula is C46H26N4OS. The van der Waals surface area contributed by atoms with Crippen LogP contribution in [0.5, 0.6) is 0 Å². The van der Waals surface area contributed by atoms with E-state index in [1.165, 1.54) is 14.8 Å². The average molecular weight is 683 g/mol. The van der Waals surface area contributed by atoms with E-state index in [1.807, 2.05) is 42.5 Å². The number of furan rings is 1. The van der Waals surface area contributed by atoms with Gasteiger partial charge in [0.1, 0.15) is 11.2 Å². The number of para-hydroxylation sites is 2. The van der Waals surface area contributed by atoms with Crippen LogP contribution in [0.4, 0.5) is 0 Å². The molecule has 0 unspecified atom stereocenters. The van der Waals surface area contributed by atoms with Crippen LogP contribution in [-0.4, -0.2) is 19.9 Å². The summed E-state index contributed by atoms with van der Waals surface area (Å²) in [5, 5.41) is 7.53. The van der Waals surface area contributed by atoms with E-state index in [2.05, 4.69) is 115 Å². The van der Waals surface area contributed by atoms with Gasteiger partial charge in [-0.2, -0.15) is 0 Å². The highest BCUT2D eigenvalue weighted by Gasteiger charge is 2.22. The zero-order chi connectivity index (χ0) is 34.2. The first-order chi connectivity index (χ1) is 25.8. The lowest BCUT2D eigenvalue weighted by atomic mass is 9.97. The van der Waals surface area contributed by atoms with Gasteiger partial charge in [-0.1, -0.05) is 127 Å². The van der Waals surface area contributed by atoms with Crippen molar-refractivity contribution in [2.45, 2.75) is 0 Å².